The van der Waals surface area contributed by atoms with Crippen LogP contribution in [0.2, 0.25) is 18.1 Å². The van der Waals surface area contributed by atoms with Crippen molar-refractivity contribution in [1.82, 2.24) is 0 Å². The Hall–Kier alpha value is -1.70. The molecule has 1 aromatic carbocycles. The summed E-state index contributed by atoms with van der Waals surface area (Å²) < 4.78 is 18.6. The first kappa shape index (κ1) is 26.9. The minimum Gasteiger partial charge on any atom is -0.493 e. The molecular formula is C30H46O3Si. The van der Waals surface area contributed by atoms with Crippen molar-refractivity contribution in [3.63, 3.8) is 0 Å². The van der Waals surface area contributed by atoms with Gasteiger partial charge in [-0.2, -0.15) is 0 Å². The van der Waals surface area contributed by atoms with E-state index in [1.807, 2.05) is 0 Å². The molecule has 0 heterocycles. The number of benzene rings is 1. The molecule has 0 amide bonds. The predicted octanol–water partition coefficient (Wildman–Crippen LogP) is 7.99. The third-order valence-electron chi connectivity index (χ3n) is 8.87. The first-order valence-electron chi connectivity index (χ1n) is 12.9. The second kappa shape index (κ2) is 9.74. The molecule has 0 bridgehead atoms. The molecule has 1 fully saturated rings. The predicted molar refractivity (Wildman–Crippen MR) is 146 cm³/mol. The molecule has 34 heavy (non-hydrogen) atoms. The zero-order valence-electron chi connectivity index (χ0n) is 23.2. The van der Waals surface area contributed by atoms with Gasteiger partial charge >= 0.3 is 0 Å². The summed E-state index contributed by atoms with van der Waals surface area (Å²) in [4.78, 5) is 0. The van der Waals surface area contributed by atoms with E-state index in [-0.39, 0.29) is 22.5 Å². The van der Waals surface area contributed by atoms with Crippen molar-refractivity contribution in [3.8, 4) is 23.8 Å². The van der Waals surface area contributed by atoms with Crippen LogP contribution < -0.4 is 9.47 Å². The summed E-state index contributed by atoms with van der Waals surface area (Å²) in [5, 5.41) is 0.196. The molecule has 3 nitrogen and oxygen atoms in total. The number of methoxy groups -OCH3 is 2. The van der Waals surface area contributed by atoms with Gasteiger partial charge in [-0.05, 0) is 67.8 Å². The van der Waals surface area contributed by atoms with Gasteiger partial charge in [-0.15, -0.1) is 12.3 Å². The molecule has 3 rings (SSSR count). The lowest BCUT2D eigenvalue weighted by Gasteiger charge is -2.44. The Morgan fingerprint density at radius 1 is 1.15 bits per heavy atom. The lowest BCUT2D eigenvalue weighted by Crippen LogP contribution is -2.47. The summed E-state index contributed by atoms with van der Waals surface area (Å²) in [7, 11) is 1.62. The van der Waals surface area contributed by atoms with Crippen molar-refractivity contribution in [3.05, 3.63) is 28.3 Å². The van der Waals surface area contributed by atoms with Gasteiger partial charge in [0.05, 0.1) is 20.3 Å². The molecule has 0 spiro atoms. The molecular weight excluding hydrogens is 436 g/mol. The van der Waals surface area contributed by atoms with E-state index in [1.54, 1.807) is 14.2 Å². The Morgan fingerprint density at radius 2 is 1.79 bits per heavy atom. The summed E-state index contributed by atoms with van der Waals surface area (Å²) in [6.45, 7) is 18.5. The summed E-state index contributed by atoms with van der Waals surface area (Å²) in [5.41, 5.74) is 5.18. The molecule has 3 atom stereocenters. The Morgan fingerprint density at radius 3 is 2.32 bits per heavy atom. The van der Waals surface area contributed by atoms with Gasteiger partial charge in [0.25, 0.3) is 0 Å². The van der Waals surface area contributed by atoms with E-state index < -0.39 is 8.32 Å². The molecule has 0 saturated heterocycles. The van der Waals surface area contributed by atoms with Crippen LogP contribution in [0, 0.1) is 23.7 Å². The molecule has 2 aliphatic rings. The first-order chi connectivity index (χ1) is 15.8. The van der Waals surface area contributed by atoms with Crippen LogP contribution >= 0.6 is 0 Å². The van der Waals surface area contributed by atoms with Crippen molar-refractivity contribution in [2.24, 2.45) is 11.3 Å². The van der Waals surface area contributed by atoms with Crippen LogP contribution in [0.25, 0.3) is 6.08 Å². The van der Waals surface area contributed by atoms with Gasteiger partial charge in [0.15, 0.2) is 19.8 Å². The fraction of sp³-hybridized carbons (Fsp3) is 0.667. The molecule has 0 aliphatic heterocycles. The standard InChI is InChI=1S/C30H46O3Si/c1-12-23-13-14-26(33-34(10,11)29(4,5)6)30(23,7)16-15-21-17-22-19-24(20(2)3)27(31-8)28(32-9)25(22)18-21/h1,17,19-20,23,26H,13-16,18H2,2-11H3/t23-,26+,30+/m1/s1. The second-order valence-corrected chi connectivity index (χ2v) is 17.2. The van der Waals surface area contributed by atoms with E-state index >= 15 is 0 Å². The minimum atomic E-state index is -1.87. The highest BCUT2D eigenvalue weighted by molar-refractivity contribution is 6.74. The van der Waals surface area contributed by atoms with Gasteiger partial charge in [0, 0.05) is 22.5 Å². The van der Waals surface area contributed by atoms with Gasteiger partial charge in [0.2, 0.25) is 0 Å². The van der Waals surface area contributed by atoms with Crippen LogP contribution in [0.15, 0.2) is 11.6 Å². The van der Waals surface area contributed by atoms with Gasteiger partial charge in [0.1, 0.15) is 0 Å². The van der Waals surface area contributed by atoms with Crippen molar-refractivity contribution in [2.75, 3.05) is 14.2 Å². The van der Waals surface area contributed by atoms with Crippen molar-refractivity contribution in [2.45, 2.75) is 104 Å². The van der Waals surface area contributed by atoms with Crippen LogP contribution in [0.5, 0.6) is 11.5 Å². The lowest BCUT2D eigenvalue weighted by molar-refractivity contribution is 0.0545. The highest BCUT2D eigenvalue weighted by Crippen LogP contribution is 2.52. The lowest BCUT2D eigenvalue weighted by atomic mass is 9.74. The largest absolute Gasteiger partial charge is 0.493 e. The second-order valence-electron chi connectivity index (χ2n) is 12.4. The average Bonchev–Trinajstić information content (AvgIpc) is 3.30. The topological polar surface area (TPSA) is 27.7 Å². The van der Waals surface area contributed by atoms with E-state index in [9.17, 15) is 0 Å². The number of allylic oxidation sites excluding steroid dienone is 1. The Kier molecular flexibility index (Phi) is 7.71. The number of ether oxygens (including phenoxy) is 2. The number of hydrogen-bond acceptors (Lipinski definition) is 3. The van der Waals surface area contributed by atoms with Crippen LogP contribution in [0.1, 0.15) is 89.8 Å². The number of hydrogen-bond donors (Lipinski definition) is 0. The fourth-order valence-corrected chi connectivity index (χ4v) is 6.96. The Labute approximate surface area is 209 Å². The molecule has 0 aromatic heterocycles. The van der Waals surface area contributed by atoms with Crippen LogP contribution in [-0.2, 0) is 10.8 Å². The number of fused-ring (bicyclic) bond motifs is 1. The van der Waals surface area contributed by atoms with Crippen molar-refractivity contribution in [1.29, 1.82) is 0 Å². The van der Waals surface area contributed by atoms with Crippen molar-refractivity contribution >= 4 is 14.4 Å². The van der Waals surface area contributed by atoms with E-state index in [0.717, 1.165) is 43.6 Å². The maximum atomic E-state index is 6.98. The SMILES string of the molecule is C#C[C@@H]1CC[C@H](O[Si](C)(C)C(C)(C)C)[C@@]1(C)CCC1=Cc2cc(C(C)C)c(OC)c(OC)c2C1. The quantitative estimate of drug-likeness (QED) is 0.277. The third-order valence-corrected chi connectivity index (χ3v) is 13.4. The number of rotatable bonds is 8. The van der Waals surface area contributed by atoms with Gasteiger partial charge in [-0.3, -0.25) is 0 Å². The summed E-state index contributed by atoms with van der Waals surface area (Å²) >= 11 is 0. The highest BCUT2D eigenvalue weighted by Gasteiger charge is 2.50. The van der Waals surface area contributed by atoms with E-state index in [0.29, 0.717) is 5.92 Å². The highest BCUT2D eigenvalue weighted by atomic mass is 28.4. The zero-order valence-corrected chi connectivity index (χ0v) is 24.2. The Balaban J connectivity index is 1.83. The molecule has 4 heteroatoms. The monoisotopic (exact) mass is 482 g/mol. The van der Waals surface area contributed by atoms with Crippen LogP contribution in [0.4, 0.5) is 0 Å². The molecule has 0 unspecified atom stereocenters. The summed E-state index contributed by atoms with van der Waals surface area (Å²) in [6, 6.07) is 2.29. The average molecular weight is 483 g/mol. The molecule has 0 N–H and O–H groups in total. The maximum Gasteiger partial charge on any atom is 0.192 e. The van der Waals surface area contributed by atoms with Gasteiger partial charge in [-0.1, -0.05) is 53.2 Å². The first-order valence-corrected chi connectivity index (χ1v) is 15.8. The molecule has 1 saturated carbocycles. The smallest absolute Gasteiger partial charge is 0.192 e. The van der Waals surface area contributed by atoms with Crippen LogP contribution in [-0.4, -0.2) is 28.6 Å². The molecule has 2 aliphatic carbocycles. The van der Waals surface area contributed by atoms with E-state index in [2.05, 4.69) is 72.7 Å². The summed E-state index contributed by atoms with van der Waals surface area (Å²) in [5.74, 6) is 5.55. The van der Waals surface area contributed by atoms with Gasteiger partial charge in [-0.25, -0.2) is 0 Å². The minimum absolute atomic E-state index is 0.00472. The van der Waals surface area contributed by atoms with Crippen LogP contribution in [0.3, 0.4) is 0 Å². The molecule has 0 radical (unpaired) electrons. The zero-order chi connectivity index (χ0) is 25.5. The normalized spacial score (nSPS) is 24.7. The number of terminal acetylenes is 1. The van der Waals surface area contributed by atoms with E-state index in [1.165, 1.54) is 22.3 Å². The molecule has 188 valence electrons. The van der Waals surface area contributed by atoms with Gasteiger partial charge < -0.3 is 13.9 Å². The maximum absolute atomic E-state index is 6.98. The fourth-order valence-electron chi connectivity index (χ4n) is 5.51. The van der Waals surface area contributed by atoms with Crippen molar-refractivity contribution < 1.29 is 13.9 Å². The molecule has 1 aromatic rings. The Bertz CT molecular complexity index is 976. The van der Waals surface area contributed by atoms with E-state index in [4.69, 9.17) is 20.3 Å². The summed E-state index contributed by atoms with van der Waals surface area (Å²) in [6.07, 6.45) is 13.8. The third kappa shape index (κ3) is 4.84.